The van der Waals surface area contributed by atoms with Crippen LogP contribution in [0.2, 0.25) is 10.0 Å². The number of anilines is 1. The van der Waals surface area contributed by atoms with E-state index in [1.807, 2.05) is 17.0 Å². The molecule has 3 aromatic rings. The molecule has 2 N–H and O–H groups in total. The van der Waals surface area contributed by atoms with Crippen LogP contribution in [0.1, 0.15) is 24.8 Å². The number of aliphatic hydroxyl groups is 1. The Labute approximate surface area is 261 Å². The second kappa shape index (κ2) is 14.2. The summed E-state index contributed by atoms with van der Waals surface area (Å²) in [6, 6.07) is 9.13. The monoisotopic (exact) mass is 648 g/mol. The number of carbonyl (C=O) groups is 1. The van der Waals surface area contributed by atoms with Crippen molar-refractivity contribution < 1.29 is 24.0 Å². The SMILES string of the molecule is O=C(O)CC1CCN(Cc2cc(Oc3cnc(N4CCS(=O)(=NCCO)CC4)nc3)nc(-c3cc(Cl)cc(Cl)c3)c2)CC1. The number of hydrogen-bond donors (Lipinski definition) is 2. The number of pyridine rings is 1. The molecule has 0 saturated carbocycles. The molecule has 230 valence electrons. The van der Waals surface area contributed by atoms with Crippen LogP contribution >= 0.6 is 23.2 Å². The van der Waals surface area contributed by atoms with Crippen molar-refractivity contribution in [2.75, 3.05) is 55.7 Å². The van der Waals surface area contributed by atoms with Crippen molar-refractivity contribution in [1.29, 1.82) is 0 Å². The van der Waals surface area contributed by atoms with Gasteiger partial charge in [0, 0.05) is 59.2 Å². The summed E-state index contributed by atoms with van der Waals surface area (Å²) in [5.41, 5.74) is 2.39. The predicted molar refractivity (Wildman–Crippen MR) is 167 cm³/mol. The maximum atomic E-state index is 12.8. The van der Waals surface area contributed by atoms with Crippen LogP contribution in [0.3, 0.4) is 0 Å². The van der Waals surface area contributed by atoms with E-state index in [1.165, 1.54) is 0 Å². The van der Waals surface area contributed by atoms with E-state index in [0.717, 1.165) is 37.1 Å². The van der Waals surface area contributed by atoms with Gasteiger partial charge >= 0.3 is 5.97 Å². The van der Waals surface area contributed by atoms with Gasteiger partial charge in [-0.05, 0) is 61.7 Å². The third-order valence-electron chi connectivity index (χ3n) is 7.50. The number of aromatic nitrogens is 3. The zero-order valence-electron chi connectivity index (χ0n) is 23.6. The van der Waals surface area contributed by atoms with Crippen LogP contribution in [0, 0.1) is 5.92 Å². The molecule has 0 unspecified atom stereocenters. The van der Waals surface area contributed by atoms with Crippen LogP contribution < -0.4 is 9.64 Å². The zero-order chi connectivity index (χ0) is 30.4. The molecule has 2 aromatic heterocycles. The Bertz CT molecular complexity index is 1530. The molecule has 0 spiro atoms. The molecule has 2 saturated heterocycles. The average molecular weight is 650 g/mol. The van der Waals surface area contributed by atoms with E-state index in [4.69, 9.17) is 43.1 Å². The quantitative estimate of drug-likeness (QED) is 0.320. The van der Waals surface area contributed by atoms with E-state index in [2.05, 4.69) is 19.2 Å². The molecule has 0 bridgehead atoms. The van der Waals surface area contributed by atoms with E-state index in [-0.39, 0.29) is 25.5 Å². The molecule has 2 aliphatic rings. The summed E-state index contributed by atoms with van der Waals surface area (Å²) in [5, 5.41) is 19.1. The molecule has 0 atom stereocenters. The van der Waals surface area contributed by atoms with Crippen molar-refractivity contribution in [3.8, 4) is 22.9 Å². The number of ether oxygens (including phenoxy) is 1. The van der Waals surface area contributed by atoms with Gasteiger partial charge in [-0.25, -0.2) is 23.5 Å². The second-order valence-electron chi connectivity index (χ2n) is 10.7. The van der Waals surface area contributed by atoms with Crippen LogP contribution in [0.4, 0.5) is 5.95 Å². The standard InChI is InChI=1S/C29H34Cl2N6O5S/c30-23-14-22(15-24(31)16-23)26-11-21(19-36-4-1-20(2-5-36)13-28(39)40)12-27(35-26)42-25-17-32-29(33-18-25)37-6-9-43(41,10-7-37)34-3-8-38/h11-12,14-18,20,38H,1-10,13,19H2,(H,39,40). The summed E-state index contributed by atoms with van der Waals surface area (Å²) in [7, 11) is -2.31. The Morgan fingerprint density at radius 1 is 1.02 bits per heavy atom. The highest BCUT2D eigenvalue weighted by atomic mass is 35.5. The fourth-order valence-corrected chi connectivity index (χ4v) is 7.72. The van der Waals surface area contributed by atoms with Crippen LogP contribution in [-0.2, 0) is 21.1 Å². The minimum atomic E-state index is -2.31. The Balaban J connectivity index is 1.31. The van der Waals surface area contributed by atoms with Crippen LogP contribution in [0.15, 0.2) is 47.1 Å². The molecule has 43 heavy (non-hydrogen) atoms. The highest BCUT2D eigenvalue weighted by Gasteiger charge is 2.23. The molecule has 5 rings (SSSR count). The predicted octanol–water partition coefficient (Wildman–Crippen LogP) is 4.60. The number of aliphatic carboxylic acids is 1. The number of aliphatic hydroxyl groups excluding tert-OH is 1. The van der Waals surface area contributed by atoms with Crippen LogP contribution in [-0.4, -0.2) is 91.1 Å². The fraction of sp³-hybridized carbons (Fsp3) is 0.448. The average Bonchev–Trinajstić information content (AvgIpc) is 2.97. The molecule has 0 aliphatic carbocycles. The van der Waals surface area contributed by atoms with Gasteiger partial charge in [0.05, 0.1) is 41.0 Å². The van der Waals surface area contributed by atoms with Crippen molar-refractivity contribution in [3.63, 3.8) is 0 Å². The molecule has 0 amide bonds. The van der Waals surface area contributed by atoms with Crippen molar-refractivity contribution in [1.82, 2.24) is 19.9 Å². The lowest BCUT2D eigenvalue weighted by Crippen LogP contribution is -2.41. The summed E-state index contributed by atoms with van der Waals surface area (Å²) in [6.07, 6.45) is 5.06. The van der Waals surface area contributed by atoms with Gasteiger partial charge in [-0.3, -0.25) is 9.69 Å². The molecule has 11 nitrogen and oxygen atoms in total. The first-order chi connectivity index (χ1) is 20.7. The molecular weight excluding hydrogens is 615 g/mol. The smallest absolute Gasteiger partial charge is 0.303 e. The Morgan fingerprint density at radius 2 is 1.70 bits per heavy atom. The van der Waals surface area contributed by atoms with Crippen LogP contribution in [0.5, 0.6) is 11.6 Å². The summed E-state index contributed by atoms with van der Waals surface area (Å²) < 4.78 is 23.0. The van der Waals surface area contributed by atoms with Gasteiger partial charge in [0.15, 0.2) is 5.75 Å². The van der Waals surface area contributed by atoms with E-state index in [9.17, 15) is 9.00 Å². The Morgan fingerprint density at radius 3 is 2.33 bits per heavy atom. The lowest BCUT2D eigenvalue weighted by molar-refractivity contribution is -0.138. The third kappa shape index (κ3) is 8.76. The molecule has 14 heteroatoms. The highest BCUT2D eigenvalue weighted by Crippen LogP contribution is 2.31. The van der Waals surface area contributed by atoms with Crippen LogP contribution in [0.25, 0.3) is 11.3 Å². The summed E-state index contributed by atoms with van der Waals surface area (Å²) >= 11 is 12.6. The number of likely N-dealkylation sites (tertiary alicyclic amines) is 1. The number of rotatable bonds is 10. The number of nitrogens with zero attached hydrogens (tertiary/aromatic N) is 6. The van der Waals surface area contributed by atoms with Crippen molar-refractivity contribution in [2.45, 2.75) is 25.8 Å². The number of halogens is 2. The number of carboxylic acids is 1. The molecular formula is C29H34Cl2N6O5S. The molecule has 2 fully saturated rings. The van der Waals surface area contributed by atoms with Crippen molar-refractivity contribution in [3.05, 3.63) is 58.3 Å². The lowest BCUT2D eigenvalue weighted by atomic mass is 9.93. The number of hydrogen-bond acceptors (Lipinski definition) is 10. The molecule has 2 aliphatic heterocycles. The van der Waals surface area contributed by atoms with E-state index >= 15 is 0 Å². The van der Waals surface area contributed by atoms with E-state index in [0.29, 0.717) is 64.5 Å². The van der Waals surface area contributed by atoms with Gasteiger partial charge in [0.1, 0.15) is 0 Å². The first-order valence-corrected chi connectivity index (χ1v) is 16.7. The minimum Gasteiger partial charge on any atom is -0.481 e. The number of piperidine rings is 1. The second-order valence-corrected chi connectivity index (χ2v) is 14.2. The topological polar surface area (TPSA) is 141 Å². The lowest BCUT2D eigenvalue weighted by Gasteiger charge is -2.31. The minimum absolute atomic E-state index is 0.106. The summed E-state index contributed by atoms with van der Waals surface area (Å²) in [5.74, 6) is 1.55. The molecule has 4 heterocycles. The fourth-order valence-electron chi connectivity index (χ4n) is 5.31. The Kier molecular flexibility index (Phi) is 10.3. The van der Waals surface area contributed by atoms with Crippen molar-refractivity contribution in [2.24, 2.45) is 10.3 Å². The van der Waals surface area contributed by atoms with Gasteiger partial charge in [-0.15, -0.1) is 0 Å². The first kappa shape index (κ1) is 31.4. The van der Waals surface area contributed by atoms with Gasteiger partial charge in [-0.2, -0.15) is 0 Å². The van der Waals surface area contributed by atoms with Gasteiger partial charge in [0.25, 0.3) is 0 Å². The third-order valence-corrected chi connectivity index (χ3v) is 10.2. The largest absolute Gasteiger partial charge is 0.481 e. The number of carboxylic acid groups (broad SMARTS) is 1. The number of benzene rings is 1. The van der Waals surface area contributed by atoms with E-state index in [1.54, 1.807) is 30.6 Å². The van der Waals surface area contributed by atoms with Gasteiger partial charge < -0.3 is 19.8 Å². The van der Waals surface area contributed by atoms with Crippen molar-refractivity contribution >= 4 is 44.8 Å². The Hall–Kier alpha value is -3.03. The maximum absolute atomic E-state index is 12.8. The maximum Gasteiger partial charge on any atom is 0.303 e. The van der Waals surface area contributed by atoms with Gasteiger partial charge in [-0.1, -0.05) is 23.2 Å². The molecule has 0 radical (unpaired) electrons. The normalized spacial score (nSPS) is 17.5. The zero-order valence-corrected chi connectivity index (χ0v) is 25.9. The molecule has 1 aromatic carbocycles. The highest BCUT2D eigenvalue weighted by molar-refractivity contribution is 7.93. The summed E-state index contributed by atoms with van der Waals surface area (Å²) in [4.78, 5) is 29.0. The summed E-state index contributed by atoms with van der Waals surface area (Å²) in [6.45, 7) is 3.38. The van der Waals surface area contributed by atoms with E-state index < -0.39 is 15.7 Å². The first-order valence-electron chi connectivity index (χ1n) is 14.1. The van der Waals surface area contributed by atoms with Gasteiger partial charge in [0.2, 0.25) is 11.8 Å².